The molecule has 0 radical (unpaired) electrons. The Morgan fingerprint density at radius 1 is 1.13 bits per heavy atom. The van der Waals surface area contributed by atoms with Crippen molar-refractivity contribution < 1.29 is 14.3 Å². The fourth-order valence-corrected chi connectivity index (χ4v) is 3.01. The van der Waals surface area contributed by atoms with E-state index in [0.29, 0.717) is 19.0 Å². The van der Waals surface area contributed by atoms with Gasteiger partial charge in [-0.15, -0.1) is 0 Å². The van der Waals surface area contributed by atoms with E-state index >= 15 is 0 Å². The Bertz CT molecular complexity index is 795. The molecule has 8 nitrogen and oxygen atoms in total. The lowest BCUT2D eigenvalue weighted by molar-refractivity contribution is -0.122. The van der Waals surface area contributed by atoms with Gasteiger partial charge in [-0.1, -0.05) is 18.6 Å². The monoisotopic (exact) mass is 431 g/mol. The Labute approximate surface area is 185 Å². The average molecular weight is 432 g/mol. The number of alkyl carbamates (subject to hydrolysis) is 1. The highest BCUT2D eigenvalue weighted by atomic mass is 16.6. The number of anilines is 1. The molecule has 0 spiro atoms. The first-order valence-corrected chi connectivity index (χ1v) is 10.8. The number of hydrogen-bond donors (Lipinski definition) is 4. The van der Waals surface area contributed by atoms with Crippen molar-refractivity contribution in [2.75, 3.05) is 18.9 Å². The summed E-state index contributed by atoms with van der Waals surface area (Å²) in [7, 11) is 1.69. The van der Waals surface area contributed by atoms with Crippen LogP contribution in [0.2, 0.25) is 0 Å². The lowest BCUT2D eigenvalue weighted by atomic mass is 9.85. The van der Waals surface area contributed by atoms with Crippen LogP contribution in [0.1, 0.15) is 59.4 Å². The predicted molar refractivity (Wildman–Crippen MR) is 124 cm³/mol. The number of nitrogens with zero attached hydrogens (tertiary/aromatic N) is 1. The molecule has 1 fully saturated rings. The molecule has 4 N–H and O–H groups in total. The van der Waals surface area contributed by atoms with E-state index in [2.05, 4.69) is 26.3 Å². The SMILES string of the molecule is CN=C(NCc1cccc(NC(=O)C2CCC2)c1)NCC(C)(C)NC(=O)OC(C)(C)C. The van der Waals surface area contributed by atoms with E-state index in [1.807, 2.05) is 58.9 Å². The van der Waals surface area contributed by atoms with Gasteiger partial charge >= 0.3 is 6.09 Å². The molecular formula is C23H37N5O3. The Hall–Kier alpha value is -2.77. The average Bonchev–Trinajstić information content (AvgIpc) is 2.58. The van der Waals surface area contributed by atoms with E-state index in [4.69, 9.17) is 4.74 Å². The predicted octanol–water partition coefficient (Wildman–Crippen LogP) is 3.39. The van der Waals surface area contributed by atoms with E-state index in [1.165, 1.54) is 0 Å². The number of hydrogen-bond acceptors (Lipinski definition) is 4. The summed E-state index contributed by atoms with van der Waals surface area (Å²) >= 11 is 0. The Morgan fingerprint density at radius 2 is 1.84 bits per heavy atom. The molecule has 1 aromatic carbocycles. The van der Waals surface area contributed by atoms with Crippen LogP contribution in [-0.4, -0.2) is 42.7 Å². The first-order valence-electron chi connectivity index (χ1n) is 10.8. The molecule has 0 unspecified atom stereocenters. The summed E-state index contributed by atoms with van der Waals surface area (Å²) in [6.07, 6.45) is 2.64. The summed E-state index contributed by atoms with van der Waals surface area (Å²) in [6.45, 7) is 10.3. The zero-order valence-corrected chi connectivity index (χ0v) is 19.6. The zero-order chi connectivity index (χ0) is 23.1. The van der Waals surface area contributed by atoms with E-state index in [1.54, 1.807) is 7.05 Å². The van der Waals surface area contributed by atoms with Crippen molar-refractivity contribution in [2.45, 2.75) is 71.6 Å². The normalized spacial score (nSPS) is 15.0. The summed E-state index contributed by atoms with van der Waals surface area (Å²) in [4.78, 5) is 28.4. The summed E-state index contributed by atoms with van der Waals surface area (Å²) in [5.74, 6) is 0.874. The Morgan fingerprint density at radius 3 is 2.42 bits per heavy atom. The van der Waals surface area contributed by atoms with Gasteiger partial charge in [-0.2, -0.15) is 0 Å². The third-order valence-corrected chi connectivity index (χ3v) is 4.89. The molecule has 0 bridgehead atoms. The van der Waals surface area contributed by atoms with Crippen LogP contribution >= 0.6 is 0 Å². The van der Waals surface area contributed by atoms with Gasteiger partial charge in [0.2, 0.25) is 5.91 Å². The van der Waals surface area contributed by atoms with Gasteiger partial charge in [-0.3, -0.25) is 9.79 Å². The van der Waals surface area contributed by atoms with Crippen LogP contribution < -0.4 is 21.3 Å². The second kappa shape index (κ2) is 10.5. The molecule has 0 aliphatic heterocycles. The first-order chi connectivity index (χ1) is 14.5. The van der Waals surface area contributed by atoms with Crippen LogP contribution in [0.15, 0.2) is 29.3 Å². The fourth-order valence-electron chi connectivity index (χ4n) is 3.01. The van der Waals surface area contributed by atoms with Gasteiger partial charge in [-0.25, -0.2) is 4.79 Å². The minimum Gasteiger partial charge on any atom is -0.444 e. The molecule has 2 amide bonds. The lowest BCUT2D eigenvalue weighted by Crippen LogP contribution is -2.54. The molecule has 2 rings (SSSR count). The molecule has 0 aromatic heterocycles. The van der Waals surface area contributed by atoms with Crippen molar-refractivity contribution in [1.29, 1.82) is 0 Å². The van der Waals surface area contributed by atoms with E-state index in [0.717, 1.165) is 30.5 Å². The second-order valence-corrected chi connectivity index (χ2v) is 9.61. The Kier molecular flexibility index (Phi) is 8.30. The molecule has 1 aliphatic carbocycles. The van der Waals surface area contributed by atoms with Gasteiger partial charge in [0.1, 0.15) is 5.60 Å². The number of aliphatic imine (C=N–C) groups is 1. The number of benzene rings is 1. The molecule has 0 saturated heterocycles. The summed E-state index contributed by atoms with van der Waals surface area (Å²) in [5, 5.41) is 12.3. The van der Waals surface area contributed by atoms with Gasteiger partial charge in [0.25, 0.3) is 0 Å². The van der Waals surface area contributed by atoms with Gasteiger partial charge < -0.3 is 26.0 Å². The lowest BCUT2D eigenvalue weighted by Gasteiger charge is -2.29. The van der Waals surface area contributed by atoms with Gasteiger partial charge in [0, 0.05) is 31.7 Å². The number of carbonyl (C=O) groups excluding carboxylic acids is 2. The largest absolute Gasteiger partial charge is 0.444 e. The molecule has 172 valence electrons. The van der Waals surface area contributed by atoms with Crippen molar-refractivity contribution in [1.82, 2.24) is 16.0 Å². The van der Waals surface area contributed by atoms with Crippen LogP contribution in [0.25, 0.3) is 0 Å². The van der Waals surface area contributed by atoms with Gasteiger partial charge in [-0.05, 0) is 65.2 Å². The van der Waals surface area contributed by atoms with Crippen molar-refractivity contribution in [3.63, 3.8) is 0 Å². The number of ether oxygens (including phenoxy) is 1. The summed E-state index contributed by atoms with van der Waals surface area (Å²) < 4.78 is 5.32. The highest BCUT2D eigenvalue weighted by Gasteiger charge is 2.26. The fraction of sp³-hybridized carbons (Fsp3) is 0.609. The highest BCUT2D eigenvalue weighted by Crippen LogP contribution is 2.27. The second-order valence-electron chi connectivity index (χ2n) is 9.61. The third kappa shape index (κ3) is 8.86. The maximum atomic E-state index is 12.2. The zero-order valence-electron chi connectivity index (χ0n) is 19.6. The minimum atomic E-state index is -0.545. The van der Waals surface area contributed by atoms with Crippen molar-refractivity contribution in [3.05, 3.63) is 29.8 Å². The summed E-state index contributed by atoms with van der Waals surface area (Å²) in [6, 6.07) is 7.79. The van der Waals surface area contributed by atoms with Gasteiger partial charge in [0.15, 0.2) is 5.96 Å². The Balaban J connectivity index is 1.82. The molecular weight excluding hydrogens is 394 g/mol. The molecule has 1 saturated carbocycles. The smallest absolute Gasteiger partial charge is 0.408 e. The number of guanidine groups is 1. The summed E-state index contributed by atoms with van der Waals surface area (Å²) in [5.41, 5.74) is 0.755. The standard InChI is InChI=1S/C23H37N5O3/c1-22(2,3)31-21(30)28-23(4,5)15-26-20(24-6)25-14-16-9-7-12-18(13-16)27-19(29)17-10-8-11-17/h7,9,12-13,17H,8,10-11,14-15H2,1-6H3,(H,27,29)(H,28,30)(H2,24,25,26). The molecule has 31 heavy (non-hydrogen) atoms. The molecule has 0 heterocycles. The number of amides is 2. The maximum absolute atomic E-state index is 12.2. The molecule has 0 atom stereocenters. The molecule has 1 aliphatic rings. The van der Waals surface area contributed by atoms with Crippen LogP contribution in [-0.2, 0) is 16.1 Å². The van der Waals surface area contributed by atoms with Crippen molar-refractivity contribution >= 4 is 23.6 Å². The number of rotatable bonds is 7. The quantitative estimate of drug-likeness (QED) is 0.391. The van der Waals surface area contributed by atoms with Crippen molar-refractivity contribution in [2.24, 2.45) is 10.9 Å². The van der Waals surface area contributed by atoms with Gasteiger partial charge in [0.05, 0.1) is 5.54 Å². The number of carbonyl (C=O) groups is 2. The maximum Gasteiger partial charge on any atom is 0.408 e. The van der Waals surface area contributed by atoms with Crippen LogP contribution in [0.4, 0.5) is 10.5 Å². The molecule has 1 aromatic rings. The first kappa shape index (κ1) is 24.5. The van der Waals surface area contributed by atoms with Crippen molar-refractivity contribution in [3.8, 4) is 0 Å². The van der Waals surface area contributed by atoms with Crippen LogP contribution in [0.3, 0.4) is 0 Å². The highest BCUT2D eigenvalue weighted by molar-refractivity contribution is 5.93. The van der Waals surface area contributed by atoms with Crippen LogP contribution in [0.5, 0.6) is 0 Å². The van der Waals surface area contributed by atoms with Crippen LogP contribution in [0, 0.1) is 5.92 Å². The number of nitrogens with one attached hydrogen (secondary N) is 4. The van der Waals surface area contributed by atoms with E-state index in [-0.39, 0.29) is 11.8 Å². The molecule has 8 heteroatoms. The topological polar surface area (TPSA) is 104 Å². The van der Waals surface area contributed by atoms with E-state index < -0.39 is 17.2 Å². The van der Waals surface area contributed by atoms with E-state index in [9.17, 15) is 9.59 Å². The third-order valence-electron chi connectivity index (χ3n) is 4.89. The minimum absolute atomic E-state index is 0.105.